The molecule has 0 spiro atoms. The first-order chi connectivity index (χ1) is 12.6. The number of thioether (sulfide) groups is 1. The van der Waals surface area contributed by atoms with Gasteiger partial charge in [0.15, 0.2) is 0 Å². The number of hydrogen-bond acceptors (Lipinski definition) is 5. The molecule has 0 saturated heterocycles. The molecule has 0 radical (unpaired) electrons. The number of rotatable bonds is 13. The molecule has 5 heteroatoms. The molecule has 1 aromatic carbocycles. The van der Waals surface area contributed by atoms with E-state index in [4.69, 9.17) is 14.3 Å². The van der Waals surface area contributed by atoms with Gasteiger partial charge in [-0.1, -0.05) is 24.2 Å². The van der Waals surface area contributed by atoms with Crippen LogP contribution in [0.15, 0.2) is 29.4 Å². The van der Waals surface area contributed by atoms with Crippen LogP contribution in [-0.4, -0.2) is 37.5 Å². The molecule has 26 heavy (non-hydrogen) atoms. The van der Waals surface area contributed by atoms with Crippen molar-refractivity contribution in [2.24, 2.45) is 5.16 Å². The SMILES string of the molecule is C/C=C/COc1cc(C)c(OCCCCSC/C(CC)=N/OC)c(C)c1. The summed E-state index contributed by atoms with van der Waals surface area (Å²) in [5.41, 5.74) is 3.35. The highest BCUT2D eigenvalue weighted by Crippen LogP contribution is 2.28. The van der Waals surface area contributed by atoms with E-state index in [1.807, 2.05) is 43.0 Å². The van der Waals surface area contributed by atoms with Crippen LogP contribution >= 0.6 is 11.8 Å². The van der Waals surface area contributed by atoms with Gasteiger partial charge in [0, 0.05) is 5.75 Å². The zero-order valence-electron chi connectivity index (χ0n) is 16.8. The minimum Gasteiger partial charge on any atom is -0.493 e. The molecule has 0 aliphatic carbocycles. The maximum Gasteiger partial charge on any atom is 0.125 e. The Balaban J connectivity index is 2.31. The maximum atomic E-state index is 6.01. The molecule has 0 N–H and O–H groups in total. The van der Waals surface area contributed by atoms with E-state index < -0.39 is 0 Å². The molecule has 0 aliphatic heterocycles. The molecule has 0 aliphatic rings. The Morgan fingerprint density at radius 2 is 1.88 bits per heavy atom. The average molecular weight is 380 g/mol. The number of hydrogen-bond donors (Lipinski definition) is 0. The third-order valence-electron chi connectivity index (χ3n) is 3.84. The van der Waals surface area contributed by atoms with Gasteiger partial charge in [-0.2, -0.15) is 11.8 Å². The first-order valence-corrected chi connectivity index (χ1v) is 10.4. The number of nitrogens with zero attached hydrogens (tertiary/aromatic N) is 1. The minimum absolute atomic E-state index is 0.599. The monoisotopic (exact) mass is 379 g/mol. The largest absolute Gasteiger partial charge is 0.493 e. The lowest BCUT2D eigenvalue weighted by molar-refractivity contribution is 0.212. The summed E-state index contributed by atoms with van der Waals surface area (Å²) in [6.07, 6.45) is 7.11. The van der Waals surface area contributed by atoms with Gasteiger partial charge in [0.25, 0.3) is 0 Å². The molecule has 1 aromatic rings. The Morgan fingerprint density at radius 1 is 1.15 bits per heavy atom. The molecule has 0 fully saturated rings. The maximum absolute atomic E-state index is 6.01. The van der Waals surface area contributed by atoms with Gasteiger partial charge in [0.2, 0.25) is 0 Å². The van der Waals surface area contributed by atoms with Crippen LogP contribution in [0.2, 0.25) is 0 Å². The van der Waals surface area contributed by atoms with Crippen LogP contribution in [0.5, 0.6) is 11.5 Å². The van der Waals surface area contributed by atoms with Gasteiger partial charge in [-0.25, -0.2) is 0 Å². The molecule has 0 saturated carbocycles. The summed E-state index contributed by atoms with van der Waals surface area (Å²) in [5.74, 6) is 3.93. The summed E-state index contributed by atoms with van der Waals surface area (Å²) in [7, 11) is 1.60. The third-order valence-corrected chi connectivity index (χ3v) is 4.96. The van der Waals surface area contributed by atoms with Crippen molar-refractivity contribution in [1.82, 2.24) is 0 Å². The second kappa shape index (κ2) is 13.6. The Hall–Kier alpha value is -1.62. The highest BCUT2D eigenvalue weighted by molar-refractivity contribution is 7.99. The lowest BCUT2D eigenvalue weighted by Crippen LogP contribution is -2.04. The standard InChI is InChI=1S/C21H33NO3S/c1-6-8-11-24-20-14-17(3)21(18(4)15-20)25-12-9-10-13-26-16-19(7-2)22-23-5/h6,8,14-15H,7,9-13,16H2,1-5H3/b8-6+,22-19+. The molecule has 0 heterocycles. The molecule has 0 amide bonds. The van der Waals surface area contributed by atoms with Crippen LogP contribution < -0.4 is 9.47 Å². The van der Waals surface area contributed by atoms with E-state index in [1.54, 1.807) is 7.11 Å². The summed E-state index contributed by atoms with van der Waals surface area (Å²) in [6, 6.07) is 4.09. The van der Waals surface area contributed by atoms with Crippen LogP contribution in [0.25, 0.3) is 0 Å². The average Bonchev–Trinajstić information content (AvgIpc) is 2.62. The normalized spacial score (nSPS) is 11.8. The number of aryl methyl sites for hydroxylation is 2. The third kappa shape index (κ3) is 8.65. The molecule has 0 atom stereocenters. The van der Waals surface area contributed by atoms with Crippen molar-refractivity contribution in [3.05, 3.63) is 35.4 Å². The predicted octanol–water partition coefficient (Wildman–Crippen LogP) is 5.56. The fourth-order valence-electron chi connectivity index (χ4n) is 2.45. The fraction of sp³-hybridized carbons (Fsp3) is 0.571. The van der Waals surface area contributed by atoms with Crippen molar-refractivity contribution in [3.63, 3.8) is 0 Å². The Bertz CT molecular complexity index is 562. The lowest BCUT2D eigenvalue weighted by atomic mass is 10.1. The van der Waals surface area contributed by atoms with E-state index in [0.717, 1.165) is 65.7 Å². The number of ether oxygens (including phenoxy) is 2. The van der Waals surface area contributed by atoms with Gasteiger partial charge >= 0.3 is 0 Å². The summed E-state index contributed by atoms with van der Waals surface area (Å²) in [6.45, 7) is 9.58. The van der Waals surface area contributed by atoms with Gasteiger partial charge < -0.3 is 14.3 Å². The van der Waals surface area contributed by atoms with Gasteiger partial charge in [0.1, 0.15) is 25.2 Å². The number of oxime groups is 1. The zero-order valence-corrected chi connectivity index (χ0v) is 17.7. The first kappa shape index (κ1) is 22.4. The van der Waals surface area contributed by atoms with Crippen LogP contribution in [0.3, 0.4) is 0 Å². The second-order valence-corrected chi connectivity index (χ2v) is 7.17. The van der Waals surface area contributed by atoms with Crippen LogP contribution in [-0.2, 0) is 4.84 Å². The first-order valence-electron chi connectivity index (χ1n) is 9.27. The topological polar surface area (TPSA) is 40.0 Å². The molecule has 4 nitrogen and oxygen atoms in total. The van der Waals surface area contributed by atoms with Gasteiger partial charge in [-0.05, 0) is 69.0 Å². The molecule has 0 aromatic heterocycles. The fourth-order valence-corrected chi connectivity index (χ4v) is 3.50. The molecule has 146 valence electrons. The molecule has 1 rings (SSSR count). The summed E-state index contributed by atoms with van der Waals surface area (Å²) >= 11 is 1.90. The van der Waals surface area contributed by atoms with E-state index in [0.29, 0.717) is 6.61 Å². The molecular weight excluding hydrogens is 346 g/mol. The van der Waals surface area contributed by atoms with E-state index in [2.05, 4.69) is 25.9 Å². The molecular formula is C21H33NO3S. The number of allylic oxidation sites excluding steroid dienone is 1. The highest BCUT2D eigenvalue weighted by Gasteiger charge is 2.07. The summed E-state index contributed by atoms with van der Waals surface area (Å²) < 4.78 is 11.7. The van der Waals surface area contributed by atoms with E-state index in [9.17, 15) is 0 Å². The minimum atomic E-state index is 0.599. The van der Waals surface area contributed by atoms with Crippen molar-refractivity contribution in [3.8, 4) is 11.5 Å². The molecule has 0 unspecified atom stereocenters. The lowest BCUT2D eigenvalue weighted by Gasteiger charge is -2.14. The van der Waals surface area contributed by atoms with Gasteiger partial charge in [-0.15, -0.1) is 0 Å². The van der Waals surface area contributed by atoms with Crippen molar-refractivity contribution < 1.29 is 14.3 Å². The van der Waals surface area contributed by atoms with Crippen molar-refractivity contribution >= 4 is 17.5 Å². The van der Waals surface area contributed by atoms with Crippen LogP contribution in [0, 0.1) is 13.8 Å². The Morgan fingerprint density at radius 3 is 2.50 bits per heavy atom. The predicted molar refractivity (Wildman–Crippen MR) is 113 cm³/mol. The smallest absolute Gasteiger partial charge is 0.125 e. The van der Waals surface area contributed by atoms with E-state index in [-0.39, 0.29) is 0 Å². The number of unbranched alkanes of at least 4 members (excludes halogenated alkanes) is 1. The van der Waals surface area contributed by atoms with Crippen molar-refractivity contribution in [1.29, 1.82) is 0 Å². The van der Waals surface area contributed by atoms with E-state index in [1.165, 1.54) is 0 Å². The quantitative estimate of drug-likeness (QED) is 0.195. The Labute approximate surface area is 163 Å². The van der Waals surface area contributed by atoms with Crippen molar-refractivity contribution in [2.75, 3.05) is 31.8 Å². The van der Waals surface area contributed by atoms with Crippen LogP contribution in [0.1, 0.15) is 44.2 Å². The molecule has 0 bridgehead atoms. The second-order valence-electron chi connectivity index (χ2n) is 6.07. The van der Waals surface area contributed by atoms with Gasteiger partial charge in [0.05, 0.1) is 12.3 Å². The highest BCUT2D eigenvalue weighted by atomic mass is 32.2. The number of benzene rings is 1. The van der Waals surface area contributed by atoms with Crippen LogP contribution in [0.4, 0.5) is 0 Å². The zero-order chi connectivity index (χ0) is 19.2. The Kier molecular flexibility index (Phi) is 11.7. The van der Waals surface area contributed by atoms with Crippen molar-refractivity contribution in [2.45, 2.75) is 47.0 Å². The summed E-state index contributed by atoms with van der Waals surface area (Å²) in [4.78, 5) is 4.84. The summed E-state index contributed by atoms with van der Waals surface area (Å²) in [5, 5.41) is 4.02. The van der Waals surface area contributed by atoms with Gasteiger partial charge in [-0.3, -0.25) is 0 Å². The van der Waals surface area contributed by atoms with E-state index >= 15 is 0 Å².